The first-order valence-electron chi connectivity index (χ1n) is 8.50. The molecule has 2 heterocycles. The van der Waals surface area contributed by atoms with E-state index in [0.717, 1.165) is 0 Å². The number of rotatable bonds is 6. The van der Waals surface area contributed by atoms with Crippen LogP contribution in [-0.4, -0.2) is 50.2 Å². The van der Waals surface area contributed by atoms with Crippen LogP contribution in [0.3, 0.4) is 0 Å². The Morgan fingerprint density at radius 3 is 2.58 bits per heavy atom. The molecule has 1 aliphatic rings. The normalized spacial score (nSPS) is 21.4. The third-order valence-electron chi connectivity index (χ3n) is 4.50. The van der Waals surface area contributed by atoms with Gasteiger partial charge in [0.2, 0.25) is 15.9 Å². The van der Waals surface area contributed by atoms with Crippen LogP contribution in [0, 0.1) is 0 Å². The van der Waals surface area contributed by atoms with E-state index in [0.29, 0.717) is 30.4 Å². The van der Waals surface area contributed by atoms with E-state index < -0.39 is 10.0 Å². The second-order valence-electron chi connectivity index (χ2n) is 6.83. The number of nitrogens with zero attached hydrogens (tertiary/aromatic N) is 3. The Bertz CT molecular complexity index is 848. The number of benzene rings is 1. The molecule has 9 heteroatoms. The van der Waals surface area contributed by atoms with Crippen LogP contribution in [0.2, 0.25) is 0 Å². The molecule has 0 saturated carbocycles. The fourth-order valence-corrected chi connectivity index (χ4v) is 4.27. The van der Waals surface area contributed by atoms with Gasteiger partial charge in [0, 0.05) is 18.5 Å². The van der Waals surface area contributed by atoms with Crippen LogP contribution in [-0.2, 0) is 10.0 Å². The van der Waals surface area contributed by atoms with Gasteiger partial charge in [0.1, 0.15) is 5.75 Å². The smallest absolute Gasteiger partial charge is 0.244 e. The highest BCUT2D eigenvalue weighted by atomic mass is 32.2. The molecule has 0 aliphatic carbocycles. The molecular weight excluding hydrogens is 356 g/mol. The largest absolute Gasteiger partial charge is 0.497 e. The van der Waals surface area contributed by atoms with E-state index in [4.69, 9.17) is 9.26 Å². The summed E-state index contributed by atoms with van der Waals surface area (Å²) in [6.45, 7) is 4.57. The van der Waals surface area contributed by atoms with Gasteiger partial charge in [-0.1, -0.05) is 19.0 Å². The molecule has 0 bridgehead atoms. The summed E-state index contributed by atoms with van der Waals surface area (Å²) < 4.78 is 38.4. The van der Waals surface area contributed by atoms with Crippen molar-refractivity contribution in [3.8, 4) is 5.75 Å². The summed E-state index contributed by atoms with van der Waals surface area (Å²) in [7, 11) is -0.142. The molecule has 26 heavy (non-hydrogen) atoms. The molecule has 0 unspecified atom stereocenters. The van der Waals surface area contributed by atoms with Crippen molar-refractivity contribution in [2.75, 3.05) is 20.7 Å². The van der Waals surface area contributed by atoms with Crippen LogP contribution in [0.5, 0.6) is 5.75 Å². The van der Waals surface area contributed by atoms with Crippen molar-refractivity contribution in [1.29, 1.82) is 0 Å². The van der Waals surface area contributed by atoms with Crippen LogP contribution in [0.1, 0.15) is 43.9 Å². The number of likely N-dealkylation sites (N-methyl/N-ethyl adjacent to an activating group) is 1. The zero-order valence-corrected chi connectivity index (χ0v) is 16.2. The molecule has 3 rings (SSSR count). The van der Waals surface area contributed by atoms with E-state index in [2.05, 4.69) is 14.9 Å². The first kappa shape index (κ1) is 18.8. The van der Waals surface area contributed by atoms with E-state index >= 15 is 0 Å². The second kappa shape index (κ2) is 7.34. The molecule has 1 N–H and O–H groups in total. The number of sulfonamides is 1. The number of nitrogens with one attached hydrogen (secondary N) is 1. The molecule has 1 saturated heterocycles. The van der Waals surface area contributed by atoms with Gasteiger partial charge in [-0.15, -0.1) is 0 Å². The number of ether oxygens (including phenoxy) is 1. The SMILES string of the molecule is COc1ccc(S(=O)(=O)N[C@H]2C[C@H](c3nc(C(C)C)no3)N(C)C2)cc1. The summed E-state index contributed by atoms with van der Waals surface area (Å²) >= 11 is 0. The van der Waals surface area contributed by atoms with Gasteiger partial charge >= 0.3 is 0 Å². The van der Waals surface area contributed by atoms with Gasteiger partial charge in [0.25, 0.3) is 0 Å². The Morgan fingerprint density at radius 2 is 2.00 bits per heavy atom. The Labute approximate surface area is 153 Å². The van der Waals surface area contributed by atoms with Crippen molar-refractivity contribution >= 4 is 10.0 Å². The Morgan fingerprint density at radius 1 is 1.31 bits per heavy atom. The highest BCUT2D eigenvalue weighted by molar-refractivity contribution is 7.89. The lowest BCUT2D eigenvalue weighted by Gasteiger charge is -2.14. The summed E-state index contributed by atoms with van der Waals surface area (Å²) in [6, 6.07) is 5.99. The van der Waals surface area contributed by atoms with Crippen molar-refractivity contribution in [1.82, 2.24) is 19.8 Å². The van der Waals surface area contributed by atoms with E-state index in [9.17, 15) is 8.42 Å². The number of aromatic nitrogens is 2. The zero-order chi connectivity index (χ0) is 18.9. The van der Waals surface area contributed by atoms with Crippen LogP contribution in [0.4, 0.5) is 0 Å². The van der Waals surface area contributed by atoms with Crippen molar-refractivity contribution < 1.29 is 17.7 Å². The number of hydrogen-bond donors (Lipinski definition) is 1. The molecule has 1 aliphatic heterocycles. The summed E-state index contributed by atoms with van der Waals surface area (Å²) in [5.41, 5.74) is 0. The third-order valence-corrected chi connectivity index (χ3v) is 6.04. The average Bonchev–Trinajstić information content (AvgIpc) is 3.21. The standard InChI is InChI=1S/C17H24N4O4S/c1-11(2)16-18-17(25-19-16)15-9-12(10-21(15)3)20-26(22,23)14-7-5-13(24-4)6-8-14/h5-8,11-12,15,20H,9-10H2,1-4H3/t12-,15+/m0/s1. The topological polar surface area (TPSA) is 97.6 Å². The van der Waals surface area contributed by atoms with Crippen molar-refractivity contribution in [2.24, 2.45) is 0 Å². The molecule has 0 spiro atoms. The fraction of sp³-hybridized carbons (Fsp3) is 0.529. The maximum absolute atomic E-state index is 12.6. The summed E-state index contributed by atoms with van der Waals surface area (Å²) in [4.78, 5) is 6.68. The van der Waals surface area contributed by atoms with Gasteiger partial charge in [0.05, 0.1) is 18.0 Å². The lowest BCUT2D eigenvalue weighted by Crippen LogP contribution is -2.36. The third kappa shape index (κ3) is 3.89. The Balaban J connectivity index is 1.70. The Kier molecular flexibility index (Phi) is 5.31. The molecule has 1 aromatic heterocycles. The van der Waals surface area contributed by atoms with E-state index in [1.54, 1.807) is 19.2 Å². The first-order valence-corrected chi connectivity index (χ1v) is 9.98. The van der Waals surface area contributed by atoms with Crippen LogP contribution >= 0.6 is 0 Å². The highest BCUT2D eigenvalue weighted by Crippen LogP contribution is 2.31. The monoisotopic (exact) mass is 380 g/mol. The summed E-state index contributed by atoms with van der Waals surface area (Å²) in [5.74, 6) is 1.99. The van der Waals surface area contributed by atoms with Gasteiger partial charge in [-0.3, -0.25) is 4.90 Å². The van der Waals surface area contributed by atoms with Crippen LogP contribution in [0.15, 0.2) is 33.7 Å². The minimum Gasteiger partial charge on any atom is -0.497 e. The van der Waals surface area contributed by atoms with E-state index in [1.807, 2.05) is 25.8 Å². The molecule has 2 atom stereocenters. The van der Waals surface area contributed by atoms with E-state index in [1.165, 1.54) is 12.1 Å². The summed E-state index contributed by atoms with van der Waals surface area (Å²) in [5, 5.41) is 3.99. The predicted molar refractivity (Wildman–Crippen MR) is 95.5 cm³/mol. The number of likely N-dealkylation sites (tertiary alicyclic amines) is 1. The number of hydrogen-bond acceptors (Lipinski definition) is 7. The molecular formula is C17H24N4O4S. The van der Waals surface area contributed by atoms with Gasteiger partial charge < -0.3 is 9.26 Å². The first-order chi connectivity index (χ1) is 12.3. The second-order valence-corrected chi connectivity index (χ2v) is 8.54. The van der Waals surface area contributed by atoms with Crippen LogP contribution in [0.25, 0.3) is 0 Å². The minimum absolute atomic E-state index is 0.0985. The Hall–Kier alpha value is -1.97. The quantitative estimate of drug-likeness (QED) is 0.817. The minimum atomic E-state index is -3.60. The average molecular weight is 380 g/mol. The molecule has 142 valence electrons. The fourth-order valence-electron chi connectivity index (χ4n) is 3.03. The summed E-state index contributed by atoms with van der Waals surface area (Å²) in [6.07, 6.45) is 0.575. The van der Waals surface area contributed by atoms with E-state index in [-0.39, 0.29) is 22.9 Å². The highest BCUT2D eigenvalue weighted by Gasteiger charge is 2.36. The van der Waals surface area contributed by atoms with Gasteiger partial charge in [-0.25, -0.2) is 13.1 Å². The number of methoxy groups -OCH3 is 1. The van der Waals surface area contributed by atoms with Crippen molar-refractivity contribution in [3.05, 3.63) is 36.0 Å². The maximum Gasteiger partial charge on any atom is 0.244 e. The van der Waals surface area contributed by atoms with Gasteiger partial charge in [-0.2, -0.15) is 4.98 Å². The molecule has 0 amide bonds. The molecule has 0 radical (unpaired) electrons. The van der Waals surface area contributed by atoms with Crippen molar-refractivity contribution in [3.63, 3.8) is 0 Å². The van der Waals surface area contributed by atoms with Gasteiger partial charge in [-0.05, 0) is 37.7 Å². The maximum atomic E-state index is 12.6. The zero-order valence-electron chi connectivity index (χ0n) is 15.3. The molecule has 1 aromatic carbocycles. The van der Waals surface area contributed by atoms with Crippen LogP contribution < -0.4 is 9.46 Å². The molecule has 1 fully saturated rings. The molecule has 2 aromatic rings. The lowest BCUT2D eigenvalue weighted by atomic mass is 10.2. The van der Waals surface area contributed by atoms with Crippen molar-refractivity contribution in [2.45, 2.75) is 43.2 Å². The predicted octanol–water partition coefficient (Wildman–Crippen LogP) is 1.93. The lowest BCUT2D eigenvalue weighted by molar-refractivity contribution is 0.244. The van der Waals surface area contributed by atoms with Gasteiger partial charge in [0.15, 0.2) is 5.82 Å². The molecule has 8 nitrogen and oxygen atoms in total.